The van der Waals surface area contributed by atoms with Crippen LogP contribution in [0, 0.1) is 0 Å². The molecule has 0 N–H and O–H groups in total. The molecule has 1 aliphatic heterocycles. The summed E-state index contributed by atoms with van der Waals surface area (Å²) in [4.78, 5) is 18.7. The predicted octanol–water partition coefficient (Wildman–Crippen LogP) is 11.2. The van der Waals surface area contributed by atoms with Crippen LogP contribution < -0.4 is 9.80 Å². The molecular weight excluding hydrogens is 661 g/mol. The van der Waals surface area contributed by atoms with E-state index in [9.17, 15) is 0 Å². The summed E-state index contributed by atoms with van der Waals surface area (Å²) in [5.74, 6) is 0.878. The second-order valence-electron chi connectivity index (χ2n) is 13.4. The third-order valence-electron chi connectivity index (χ3n) is 10.3. The maximum absolute atomic E-state index is 4.86. The number of anilines is 4. The molecule has 0 bridgehead atoms. The van der Waals surface area contributed by atoms with E-state index in [4.69, 9.17) is 9.97 Å². The molecule has 4 heterocycles. The minimum Gasteiger partial charge on any atom is -0.321 e. The van der Waals surface area contributed by atoms with Crippen LogP contribution in [0.5, 0.6) is 0 Å². The van der Waals surface area contributed by atoms with Gasteiger partial charge >= 0.3 is 0 Å². The Hall–Kier alpha value is -7.31. The molecule has 54 heavy (non-hydrogen) atoms. The van der Waals surface area contributed by atoms with Gasteiger partial charge in [0.1, 0.15) is 18.8 Å². The van der Waals surface area contributed by atoms with Crippen LogP contribution >= 0.6 is 0 Å². The van der Waals surface area contributed by atoms with E-state index in [0.717, 1.165) is 61.8 Å². The van der Waals surface area contributed by atoms with Crippen molar-refractivity contribution in [3.63, 3.8) is 0 Å². The van der Waals surface area contributed by atoms with E-state index in [1.165, 1.54) is 22.1 Å². The Morgan fingerprint density at radius 2 is 1.11 bits per heavy atom. The van der Waals surface area contributed by atoms with Crippen molar-refractivity contribution in [2.75, 3.05) is 16.5 Å². The molecule has 0 atom stereocenters. The van der Waals surface area contributed by atoms with E-state index in [1.807, 2.05) is 30.6 Å². The Balaban J connectivity index is 1.22. The number of pyridine rings is 1. The monoisotopic (exact) mass is 694 g/mol. The summed E-state index contributed by atoms with van der Waals surface area (Å²) in [6.45, 7) is 0.694. The van der Waals surface area contributed by atoms with E-state index < -0.39 is 0 Å². The molecule has 0 saturated carbocycles. The summed E-state index contributed by atoms with van der Waals surface area (Å²) in [6, 6.07) is 62.2. The van der Waals surface area contributed by atoms with Gasteiger partial charge in [0, 0.05) is 40.1 Å². The van der Waals surface area contributed by atoms with Crippen molar-refractivity contribution in [1.29, 1.82) is 0 Å². The summed E-state index contributed by atoms with van der Waals surface area (Å²) in [5, 5.41) is 2.36. The van der Waals surface area contributed by atoms with Crippen LogP contribution in [0.4, 0.5) is 22.7 Å². The predicted molar refractivity (Wildman–Crippen MR) is 221 cm³/mol. The second kappa shape index (κ2) is 13.3. The molecule has 6 aromatic carbocycles. The lowest BCUT2D eigenvalue weighted by molar-refractivity contribution is 0.991. The first-order chi connectivity index (χ1) is 26.8. The summed E-state index contributed by atoms with van der Waals surface area (Å²) < 4.78 is 2.27. The van der Waals surface area contributed by atoms with Gasteiger partial charge in [-0.3, -0.25) is 4.57 Å². The zero-order chi connectivity index (χ0) is 35.8. The van der Waals surface area contributed by atoms with Crippen molar-refractivity contribution in [2.45, 2.75) is 0 Å². The molecule has 6 heteroatoms. The van der Waals surface area contributed by atoms with Gasteiger partial charge in [0.2, 0.25) is 0 Å². The maximum atomic E-state index is 4.86. The average Bonchev–Trinajstić information content (AvgIpc) is 3.80. The lowest BCUT2D eigenvalue weighted by atomic mass is 9.87. The zero-order valence-electron chi connectivity index (χ0n) is 29.4. The number of fused-ring (bicyclic) bond motifs is 4. The first kappa shape index (κ1) is 31.4. The molecule has 6 nitrogen and oxygen atoms in total. The highest BCUT2D eigenvalue weighted by Crippen LogP contribution is 2.46. The lowest BCUT2D eigenvalue weighted by Crippen LogP contribution is -2.23. The van der Waals surface area contributed by atoms with Crippen LogP contribution in [0.25, 0.3) is 38.8 Å². The zero-order valence-corrected chi connectivity index (χ0v) is 29.4. The number of hydrogen-bond donors (Lipinski definition) is 0. The van der Waals surface area contributed by atoms with Gasteiger partial charge < -0.3 is 9.80 Å². The number of rotatable bonds is 7. The highest BCUT2D eigenvalue weighted by molar-refractivity contribution is 6.12. The largest absolute Gasteiger partial charge is 0.321 e. The first-order valence-corrected chi connectivity index (χ1v) is 18.1. The lowest BCUT2D eigenvalue weighted by Gasteiger charge is -2.23. The molecule has 3 aromatic heterocycles. The third-order valence-corrected chi connectivity index (χ3v) is 10.3. The van der Waals surface area contributed by atoms with Gasteiger partial charge in [-0.05, 0) is 89.0 Å². The average molecular weight is 695 g/mol. The Morgan fingerprint density at radius 3 is 1.89 bits per heavy atom. The quantitative estimate of drug-likeness (QED) is 0.155. The Labute approximate surface area is 313 Å². The molecule has 0 amide bonds. The van der Waals surface area contributed by atoms with Crippen LogP contribution in [0.3, 0.4) is 0 Å². The van der Waals surface area contributed by atoms with Gasteiger partial charge in [-0.15, -0.1) is 0 Å². The molecule has 9 aromatic rings. The van der Waals surface area contributed by atoms with E-state index in [-0.39, 0.29) is 0 Å². The van der Waals surface area contributed by atoms with Crippen LogP contribution in [0.2, 0.25) is 0 Å². The van der Waals surface area contributed by atoms with Gasteiger partial charge in [-0.1, -0.05) is 109 Å². The fourth-order valence-electron chi connectivity index (χ4n) is 7.87. The van der Waals surface area contributed by atoms with Crippen molar-refractivity contribution in [1.82, 2.24) is 19.5 Å². The fraction of sp³-hybridized carbons (Fsp3) is 0.0208. The van der Waals surface area contributed by atoms with Gasteiger partial charge in [-0.2, -0.15) is 0 Å². The minimum atomic E-state index is 0.694. The minimum absolute atomic E-state index is 0.694. The number of hydrogen-bond acceptors (Lipinski definition) is 5. The summed E-state index contributed by atoms with van der Waals surface area (Å²) in [6.07, 6.45) is 5.31. The van der Waals surface area contributed by atoms with Crippen molar-refractivity contribution in [3.8, 4) is 5.82 Å². The number of para-hydroxylation sites is 4. The Kier molecular flexibility index (Phi) is 7.77. The SMILES string of the molecule is c1ccc(/C(=C(\c2cccc(N3CN(c4ccccc4)c4ccccc43)c2)c2ccc3c4ccccc4n(-c4ccccn4)c3c2)c2ccncn2)cc1. The van der Waals surface area contributed by atoms with Gasteiger partial charge in [-0.25, -0.2) is 15.0 Å². The van der Waals surface area contributed by atoms with Gasteiger partial charge in [0.05, 0.1) is 28.1 Å². The van der Waals surface area contributed by atoms with E-state index in [2.05, 4.69) is 177 Å². The van der Waals surface area contributed by atoms with Gasteiger partial charge in [0.15, 0.2) is 0 Å². The number of nitrogens with zero attached hydrogens (tertiary/aromatic N) is 6. The Morgan fingerprint density at radius 1 is 0.444 bits per heavy atom. The topological polar surface area (TPSA) is 50.1 Å². The van der Waals surface area contributed by atoms with Crippen LogP contribution in [0.1, 0.15) is 22.4 Å². The molecule has 0 spiro atoms. The molecule has 0 saturated heterocycles. The molecule has 256 valence electrons. The Bertz CT molecular complexity index is 2750. The van der Waals surface area contributed by atoms with E-state index >= 15 is 0 Å². The maximum Gasteiger partial charge on any atom is 0.137 e. The number of benzene rings is 6. The molecule has 0 fully saturated rings. The van der Waals surface area contributed by atoms with E-state index in [0.29, 0.717) is 6.67 Å². The number of aromatic nitrogens is 4. The van der Waals surface area contributed by atoms with Crippen molar-refractivity contribution < 1.29 is 0 Å². The standard InChI is InChI=1S/C48H34N6/c1-3-14-34(15-4-1)48(41-27-29-49-32-51-41)47(36-25-26-40-39-20-7-8-21-42(39)54(45(40)31-36)46-24-11-12-28-50-46)35-16-13-19-38(30-35)53-33-52(37-17-5-2-6-18-37)43-22-9-10-23-44(43)53/h1-32H,33H2/b48-47-. The van der Waals surface area contributed by atoms with Crippen molar-refractivity contribution in [2.24, 2.45) is 0 Å². The highest BCUT2D eigenvalue weighted by Gasteiger charge is 2.28. The molecular formula is C48H34N6. The molecule has 0 radical (unpaired) electrons. The molecule has 1 aliphatic rings. The summed E-state index contributed by atoms with van der Waals surface area (Å²) in [5.41, 5.74) is 13.0. The normalized spacial score (nSPS) is 13.0. The first-order valence-electron chi connectivity index (χ1n) is 18.1. The van der Waals surface area contributed by atoms with Crippen molar-refractivity contribution >= 4 is 55.7 Å². The smallest absolute Gasteiger partial charge is 0.137 e. The third kappa shape index (κ3) is 5.40. The molecule has 0 unspecified atom stereocenters. The summed E-state index contributed by atoms with van der Waals surface area (Å²) in [7, 11) is 0. The van der Waals surface area contributed by atoms with Crippen molar-refractivity contribution in [3.05, 3.63) is 217 Å². The fourth-order valence-corrected chi connectivity index (χ4v) is 7.87. The van der Waals surface area contributed by atoms with Crippen LogP contribution in [-0.4, -0.2) is 26.2 Å². The molecule has 0 aliphatic carbocycles. The van der Waals surface area contributed by atoms with Crippen LogP contribution in [-0.2, 0) is 0 Å². The highest BCUT2D eigenvalue weighted by atomic mass is 15.4. The summed E-state index contributed by atoms with van der Waals surface area (Å²) >= 11 is 0. The van der Waals surface area contributed by atoms with Gasteiger partial charge in [0.25, 0.3) is 0 Å². The van der Waals surface area contributed by atoms with E-state index in [1.54, 1.807) is 6.33 Å². The second-order valence-corrected chi connectivity index (χ2v) is 13.4. The van der Waals surface area contributed by atoms with Crippen LogP contribution in [0.15, 0.2) is 195 Å². The molecule has 10 rings (SSSR count).